The van der Waals surface area contributed by atoms with Gasteiger partial charge in [0.25, 0.3) is 0 Å². The molecule has 0 bridgehead atoms. The maximum atomic E-state index is 12.7. The molecule has 604 valence electrons. The molecule has 126 heavy (non-hydrogen) atoms. The molecule has 0 saturated carbocycles. The molecule has 2 aromatic carbocycles. The second-order valence-corrected chi connectivity index (χ2v) is 46.6. The predicted octanol–water partition coefficient (Wildman–Crippen LogP) is 14.1. The van der Waals surface area contributed by atoms with E-state index in [0.717, 1.165) is 88.3 Å². The van der Waals surface area contributed by atoms with Crippen LogP contribution in [0.4, 0.5) is 46.0 Å². The van der Waals surface area contributed by atoms with Crippen LogP contribution in [-0.4, -0.2) is 160 Å². The van der Waals surface area contributed by atoms with Crippen LogP contribution in [0.15, 0.2) is 367 Å². The molecule has 14 aliphatic rings. The van der Waals surface area contributed by atoms with Crippen LogP contribution in [0.25, 0.3) is 0 Å². The number of ketones is 8. The third-order valence-corrected chi connectivity index (χ3v) is 39.2. The predicted molar refractivity (Wildman–Crippen MR) is 498 cm³/mol. The molecule has 26 heteroatoms. The number of allylic oxidation sites excluding steroid dienone is 24. The van der Waals surface area contributed by atoms with Gasteiger partial charge in [0.15, 0.2) is 0 Å². The molecule has 10 aliphatic carbocycles. The number of benzene rings is 2. The van der Waals surface area contributed by atoms with Gasteiger partial charge in [0.2, 0.25) is 0 Å². The van der Waals surface area contributed by atoms with Crippen molar-refractivity contribution in [3.05, 3.63) is 409 Å². The SMILES string of the molecule is O=C1/C(=C\C2=CC3=C(C=C(N4c5ccccc5[Te]c5ncccc54)C3)C2)C(=O)c2sccc21.O=C1/C(=C\C2=CC3=C(C=C(N4c5ncccc5[Te]c5cccnc54)C3)C2)C(=O)c2sccc21.O=C1/C(=C\C2=CC=C(N3c4ccccc4[Te]c4ncccc43)C2)C(=O)c2sccc21.O=C1/C(=C\C2=CC=C(N3c4ncccc4[Te]c4cccnc43)C2)C(=O)c2sccc21. The van der Waals surface area contributed by atoms with Crippen molar-refractivity contribution < 1.29 is 38.4 Å². The summed E-state index contributed by atoms with van der Waals surface area (Å²) in [5.74, 6) is 2.67. The first kappa shape index (κ1) is 78.9. The number of rotatable bonds is 8. The fraction of sp³-hybridized carbons (Fsp3) is 0.0600. The summed E-state index contributed by atoms with van der Waals surface area (Å²) in [6.07, 6.45) is 39.5. The fourth-order valence-electron chi connectivity index (χ4n) is 17.7. The fourth-order valence-corrected chi connectivity index (χ4v) is 32.4. The topological polar surface area (TPSA) is 227 Å². The molecule has 0 unspecified atom stereocenters. The molecular weight excluding hydrogens is 2110 g/mol. The van der Waals surface area contributed by atoms with Gasteiger partial charge in [-0.1, -0.05) is 0 Å². The number of pyridine rings is 6. The average molecular weight is 2170 g/mol. The molecule has 26 rings (SSSR count). The number of para-hydroxylation sites is 2. The molecule has 0 atom stereocenters. The molecule has 12 aromatic rings. The number of hydrogen-bond acceptors (Lipinski definition) is 22. The van der Waals surface area contributed by atoms with Gasteiger partial charge in [0.1, 0.15) is 0 Å². The van der Waals surface area contributed by atoms with Gasteiger partial charge >= 0.3 is 740 Å². The summed E-state index contributed by atoms with van der Waals surface area (Å²) in [6, 6.07) is 49.1. The number of carbonyl (C=O) groups excluding carboxylic acids is 8. The Bertz CT molecular complexity index is 6780. The Hall–Kier alpha value is -11.8. The first-order valence-corrected chi connectivity index (χ1v) is 53.0. The Morgan fingerprint density at radius 3 is 0.937 bits per heavy atom. The molecule has 0 saturated heterocycles. The minimum atomic E-state index is -0.541. The van der Waals surface area contributed by atoms with Crippen molar-refractivity contribution in [3.63, 3.8) is 0 Å². The van der Waals surface area contributed by atoms with Crippen molar-refractivity contribution in [2.75, 3.05) is 19.6 Å². The summed E-state index contributed by atoms with van der Waals surface area (Å²) in [5.41, 5.74) is 21.7. The Morgan fingerprint density at radius 2 is 0.563 bits per heavy atom. The van der Waals surface area contributed by atoms with Crippen molar-refractivity contribution in [3.8, 4) is 0 Å². The third-order valence-electron chi connectivity index (χ3n) is 23.3. The number of anilines is 8. The summed E-state index contributed by atoms with van der Waals surface area (Å²) >= 11 is 3.27. The monoisotopic (exact) mass is 2170 g/mol. The van der Waals surface area contributed by atoms with E-state index in [4.69, 9.17) is 15.0 Å². The van der Waals surface area contributed by atoms with E-state index < -0.39 is 83.7 Å². The van der Waals surface area contributed by atoms with Crippen molar-refractivity contribution >= 4 is 250 Å². The standard InChI is InChI=1S/C27H16N2O2STe.C26H15N3O2STe.C24H14N2O2STe.C23H13N3O2STe/c30-24-19-7-9-32-26(19)25(31)20(24)12-15-10-16-13-18(14-17(16)11-15)29-21-4-1-2-6-23(21)33-27-22(29)5-3-8-28-27;30-22-18-5-8-32-24(18)23(31)19(22)11-14-9-15-12-17(13-16(15)10-14)29-25-20(3-1-6-27-25)33-21-4-2-7-28-26(21)29;27-21-16-9-11-29-23(16)22(28)17(21)13-14-7-8-15(12-14)26-18-4-1-2-6-20(18)30-24-19(26)5-3-10-25-24;27-19-15-7-10-29-21(15)20(28)16(19)12-13-5-6-14(11-13)26-22-17(3-1-8-24-22)30-18-4-2-9-25-23(18)26/h1-10,12,14H,11,13H2;1-9,11,13H,10,12H2;1-11,13H,12H2;1-10,12H,11H2/b20-12+;19-11+;17-13+;16-12+. The molecule has 0 spiro atoms. The Balaban J connectivity index is 0.0000000967. The Kier molecular flexibility index (Phi) is 20.2. The second-order valence-electron chi connectivity index (χ2n) is 30.8. The molecule has 10 aromatic heterocycles. The number of aromatic nitrogens is 6. The van der Waals surface area contributed by atoms with E-state index in [-0.39, 0.29) is 57.4 Å². The Labute approximate surface area is 777 Å². The van der Waals surface area contributed by atoms with E-state index in [0.29, 0.717) is 65.8 Å². The van der Waals surface area contributed by atoms with Gasteiger partial charge in [-0.25, -0.2) is 0 Å². The van der Waals surface area contributed by atoms with Crippen molar-refractivity contribution in [1.29, 1.82) is 0 Å². The summed E-state index contributed by atoms with van der Waals surface area (Å²) in [6.45, 7) is 0. The normalized spacial score (nSPS) is 18.9. The summed E-state index contributed by atoms with van der Waals surface area (Å²) in [4.78, 5) is 140. The van der Waals surface area contributed by atoms with Gasteiger partial charge in [0.05, 0.1) is 0 Å². The van der Waals surface area contributed by atoms with Gasteiger partial charge in [-0.2, -0.15) is 0 Å². The van der Waals surface area contributed by atoms with E-state index in [1.807, 2.05) is 103 Å². The van der Waals surface area contributed by atoms with Gasteiger partial charge in [-0.3, -0.25) is 0 Å². The molecule has 0 N–H and O–H groups in total. The molecule has 18 nitrogen and oxygen atoms in total. The molecule has 0 radical (unpaired) electrons. The average Bonchev–Trinajstić information content (AvgIpc) is 1.51. The van der Waals surface area contributed by atoms with E-state index >= 15 is 0 Å². The van der Waals surface area contributed by atoms with E-state index in [1.165, 1.54) is 125 Å². The number of hydrogen-bond donors (Lipinski definition) is 0. The zero-order chi connectivity index (χ0) is 84.7. The molecule has 0 amide bonds. The number of Topliss-reactive ketones (excluding diaryl/α,β-unsaturated/α-hetero) is 8. The van der Waals surface area contributed by atoms with Crippen LogP contribution in [-0.2, 0) is 0 Å². The van der Waals surface area contributed by atoms with Crippen molar-refractivity contribution in [2.45, 2.75) is 38.5 Å². The van der Waals surface area contributed by atoms with Gasteiger partial charge < -0.3 is 0 Å². The number of fused-ring (bicyclic) bond motifs is 12. The van der Waals surface area contributed by atoms with Crippen molar-refractivity contribution in [1.82, 2.24) is 29.9 Å². The van der Waals surface area contributed by atoms with E-state index in [2.05, 4.69) is 150 Å². The zero-order valence-corrected chi connectivity index (χ0v) is 78.4. The van der Waals surface area contributed by atoms with Crippen LogP contribution >= 0.6 is 45.3 Å². The zero-order valence-electron chi connectivity index (χ0n) is 65.8. The van der Waals surface area contributed by atoms with Crippen LogP contribution in [0.2, 0.25) is 0 Å². The first-order chi connectivity index (χ1) is 61.7. The molecular formula is C100H58N10O8S4Te4. The molecule has 14 heterocycles. The second kappa shape index (κ2) is 32.3. The Morgan fingerprint density at radius 1 is 0.262 bits per heavy atom. The third kappa shape index (κ3) is 13.7. The van der Waals surface area contributed by atoms with Crippen LogP contribution in [0.3, 0.4) is 0 Å². The summed E-state index contributed by atoms with van der Waals surface area (Å²) in [7, 11) is 0. The summed E-state index contributed by atoms with van der Waals surface area (Å²) in [5, 5.41) is 7.20. The van der Waals surface area contributed by atoms with Crippen LogP contribution in [0.5, 0.6) is 0 Å². The van der Waals surface area contributed by atoms with Crippen LogP contribution in [0, 0.1) is 0 Å². The maximum absolute atomic E-state index is 12.7. The van der Waals surface area contributed by atoms with Crippen molar-refractivity contribution in [2.24, 2.45) is 0 Å². The van der Waals surface area contributed by atoms with Gasteiger partial charge in [0, 0.05) is 0 Å². The van der Waals surface area contributed by atoms with Gasteiger partial charge in [-0.05, 0) is 22.9 Å². The first-order valence-electron chi connectivity index (χ1n) is 40.2. The van der Waals surface area contributed by atoms with E-state index in [1.54, 1.807) is 58.6 Å². The van der Waals surface area contributed by atoms with Gasteiger partial charge in [-0.15, -0.1) is 22.7 Å². The molecule has 4 aliphatic heterocycles. The summed E-state index contributed by atoms with van der Waals surface area (Å²) < 4.78 is 10.4. The quantitative estimate of drug-likeness (QED) is 0.0782. The number of carbonyl (C=O) groups is 8. The number of nitrogens with zero attached hydrogens (tertiary/aromatic N) is 10. The van der Waals surface area contributed by atoms with Crippen LogP contribution < -0.4 is 48.8 Å². The number of thiophene rings is 4. The van der Waals surface area contributed by atoms with Crippen LogP contribution in [0.1, 0.15) is 119 Å². The molecule has 0 fully saturated rings. The minimum absolute atomic E-state index is 0.132. The van der Waals surface area contributed by atoms with E-state index in [9.17, 15) is 38.4 Å².